The van der Waals surface area contributed by atoms with Crippen LogP contribution in [0.5, 0.6) is 5.88 Å². The van der Waals surface area contributed by atoms with Crippen molar-refractivity contribution in [1.29, 1.82) is 0 Å². The van der Waals surface area contributed by atoms with Crippen LogP contribution < -0.4 is 9.46 Å². The molecule has 1 aromatic heterocycles. The Hall–Kier alpha value is -3.26. The fraction of sp³-hybridized carbons (Fsp3) is 0.333. The van der Waals surface area contributed by atoms with Gasteiger partial charge >= 0.3 is 0 Å². The highest BCUT2D eigenvalue weighted by atomic mass is 32.2. The predicted molar refractivity (Wildman–Crippen MR) is 134 cm³/mol. The predicted octanol–water partition coefficient (Wildman–Crippen LogP) is 4.75. The smallest absolute Gasteiger partial charge is 0.229 e. The Bertz CT molecular complexity index is 1330. The molecule has 0 spiro atoms. The lowest BCUT2D eigenvalue weighted by Crippen LogP contribution is -2.19. The highest BCUT2D eigenvalue weighted by Crippen LogP contribution is 2.29. The minimum atomic E-state index is -3.59. The third-order valence-electron chi connectivity index (χ3n) is 6.28. The van der Waals surface area contributed by atoms with Gasteiger partial charge in [0.25, 0.3) is 0 Å². The maximum absolute atomic E-state index is 14.4. The molecule has 35 heavy (non-hydrogen) atoms. The van der Waals surface area contributed by atoms with E-state index in [0.29, 0.717) is 17.9 Å². The molecule has 0 aliphatic heterocycles. The van der Waals surface area contributed by atoms with Gasteiger partial charge in [-0.1, -0.05) is 43.3 Å². The Morgan fingerprint density at radius 3 is 2.46 bits per heavy atom. The van der Waals surface area contributed by atoms with E-state index in [4.69, 9.17) is 4.74 Å². The first-order valence-electron chi connectivity index (χ1n) is 11.6. The molecule has 0 bridgehead atoms. The summed E-state index contributed by atoms with van der Waals surface area (Å²) in [5.74, 6) is -0.744. The van der Waals surface area contributed by atoms with Gasteiger partial charge in [0.1, 0.15) is 17.7 Å². The fourth-order valence-corrected chi connectivity index (χ4v) is 4.92. The lowest BCUT2D eigenvalue weighted by atomic mass is 9.93. The third-order valence-corrected chi connectivity index (χ3v) is 6.87. The number of aromatic nitrogens is 1. The molecule has 0 saturated carbocycles. The van der Waals surface area contributed by atoms with E-state index in [1.807, 2.05) is 31.2 Å². The Labute approximate surface area is 205 Å². The molecule has 1 aliphatic carbocycles. The minimum Gasteiger partial charge on any atom is -0.473 e. The van der Waals surface area contributed by atoms with E-state index < -0.39 is 21.8 Å². The monoisotopic (exact) mass is 496 g/mol. The van der Waals surface area contributed by atoms with E-state index in [9.17, 15) is 17.6 Å². The van der Waals surface area contributed by atoms with Gasteiger partial charge in [0.15, 0.2) is 0 Å². The van der Waals surface area contributed by atoms with Crippen LogP contribution in [0.1, 0.15) is 47.2 Å². The molecule has 1 atom stereocenters. The Kier molecular flexibility index (Phi) is 7.21. The lowest BCUT2D eigenvalue weighted by molar-refractivity contribution is -0.120. The molecule has 0 fully saturated rings. The molecule has 0 radical (unpaired) electrons. The van der Waals surface area contributed by atoms with Gasteiger partial charge in [0.05, 0.1) is 11.9 Å². The number of nitrogens with zero attached hydrogens (tertiary/aromatic N) is 1. The van der Waals surface area contributed by atoms with Gasteiger partial charge in [0.2, 0.25) is 15.9 Å². The number of carbonyl (C=O) groups is 1. The van der Waals surface area contributed by atoms with E-state index in [0.717, 1.165) is 30.4 Å². The maximum Gasteiger partial charge on any atom is 0.229 e. The first kappa shape index (κ1) is 24.9. The van der Waals surface area contributed by atoms with Crippen LogP contribution in [-0.2, 0) is 34.1 Å². The zero-order valence-corrected chi connectivity index (χ0v) is 20.9. The summed E-state index contributed by atoms with van der Waals surface area (Å²) in [6.07, 6.45) is 3.33. The second kappa shape index (κ2) is 10.2. The molecule has 2 aromatic carbocycles. The Morgan fingerprint density at radius 2 is 1.83 bits per heavy atom. The zero-order valence-electron chi connectivity index (χ0n) is 20.0. The summed E-state index contributed by atoms with van der Waals surface area (Å²) >= 11 is 0. The molecule has 3 aromatic rings. The molecule has 0 amide bonds. The summed E-state index contributed by atoms with van der Waals surface area (Å²) in [6, 6.07) is 16.3. The van der Waals surface area contributed by atoms with Gasteiger partial charge in [-0.05, 0) is 48.2 Å². The second-order valence-electron chi connectivity index (χ2n) is 9.14. The average Bonchev–Trinajstić information content (AvgIpc) is 3.20. The van der Waals surface area contributed by atoms with Crippen molar-refractivity contribution in [2.75, 3.05) is 11.0 Å². The summed E-state index contributed by atoms with van der Waals surface area (Å²) in [5.41, 5.74) is 4.65. The van der Waals surface area contributed by atoms with Crippen LogP contribution in [0.4, 0.5) is 10.1 Å². The number of carbonyl (C=O) groups excluding carboxylic acids is 1. The fourth-order valence-electron chi connectivity index (χ4n) is 4.36. The highest BCUT2D eigenvalue weighted by molar-refractivity contribution is 7.92. The highest BCUT2D eigenvalue weighted by Gasteiger charge is 2.24. The van der Waals surface area contributed by atoms with Gasteiger partial charge in [-0.3, -0.25) is 9.52 Å². The molecule has 4 rings (SSSR count). The number of nitrogens with one attached hydrogen (secondary N) is 1. The minimum absolute atomic E-state index is 0.0112. The number of aryl methyl sites for hydroxylation is 2. The number of pyridine rings is 1. The average molecular weight is 497 g/mol. The van der Waals surface area contributed by atoms with Crippen molar-refractivity contribution in [2.45, 2.75) is 51.6 Å². The van der Waals surface area contributed by atoms with Crippen LogP contribution in [-0.4, -0.2) is 31.5 Å². The van der Waals surface area contributed by atoms with Crippen molar-refractivity contribution in [3.8, 4) is 5.88 Å². The van der Waals surface area contributed by atoms with Gasteiger partial charge in [-0.2, -0.15) is 0 Å². The zero-order chi connectivity index (χ0) is 25.2. The van der Waals surface area contributed by atoms with Gasteiger partial charge in [0, 0.05) is 36.4 Å². The molecular weight excluding hydrogens is 467 g/mol. The van der Waals surface area contributed by atoms with Crippen LogP contribution in [0.15, 0.2) is 54.6 Å². The number of benzene rings is 2. The number of ketones is 1. The van der Waals surface area contributed by atoms with Crippen LogP contribution in [0.25, 0.3) is 0 Å². The third kappa shape index (κ3) is 6.25. The molecule has 184 valence electrons. The first-order valence-corrected chi connectivity index (χ1v) is 13.5. The quantitative estimate of drug-likeness (QED) is 0.462. The normalized spacial score (nSPS) is 14.4. The topological polar surface area (TPSA) is 85.4 Å². The number of halogens is 1. The van der Waals surface area contributed by atoms with E-state index >= 15 is 0 Å². The number of ether oxygens (including phenoxy) is 1. The molecule has 1 N–H and O–H groups in total. The summed E-state index contributed by atoms with van der Waals surface area (Å²) in [6.45, 7) is 3.63. The van der Waals surface area contributed by atoms with Crippen molar-refractivity contribution >= 4 is 21.5 Å². The van der Waals surface area contributed by atoms with Crippen LogP contribution in [0, 0.1) is 12.7 Å². The summed E-state index contributed by atoms with van der Waals surface area (Å²) in [5, 5.41) is 0. The number of Topliss-reactive ketones (excluding diaryl/α,β-unsaturated/α-hetero) is 1. The second-order valence-corrected chi connectivity index (χ2v) is 10.9. The lowest BCUT2D eigenvalue weighted by Gasteiger charge is -2.17. The molecule has 0 saturated heterocycles. The maximum atomic E-state index is 14.4. The molecule has 1 heterocycles. The van der Waals surface area contributed by atoms with Crippen LogP contribution in [0.3, 0.4) is 0 Å². The number of rotatable bonds is 9. The van der Waals surface area contributed by atoms with Crippen LogP contribution >= 0.6 is 0 Å². The van der Waals surface area contributed by atoms with Crippen molar-refractivity contribution in [1.82, 2.24) is 4.98 Å². The largest absolute Gasteiger partial charge is 0.473 e. The van der Waals surface area contributed by atoms with Gasteiger partial charge in [-0.25, -0.2) is 17.8 Å². The van der Waals surface area contributed by atoms with Crippen LogP contribution in [0.2, 0.25) is 0 Å². The Balaban J connectivity index is 1.41. The molecule has 1 aliphatic rings. The molecule has 1 unspecified atom stereocenters. The summed E-state index contributed by atoms with van der Waals surface area (Å²) in [4.78, 5) is 17.5. The molecule has 6 nitrogen and oxygen atoms in total. The number of anilines is 1. The van der Waals surface area contributed by atoms with E-state index in [1.165, 1.54) is 23.3 Å². The van der Waals surface area contributed by atoms with Gasteiger partial charge < -0.3 is 4.74 Å². The SMILES string of the molecule is Cc1ccc(CCC(=O)C(C)c2ccc(NS(C)(=O)=O)c(F)c2)c(OC2Cc3ccccc3C2)n1. The van der Waals surface area contributed by atoms with E-state index in [2.05, 4.69) is 21.8 Å². The van der Waals surface area contributed by atoms with Crippen molar-refractivity contribution < 1.29 is 22.3 Å². The first-order chi connectivity index (χ1) is 16.6. The van der Waals surface area contributed by atoms with Crippen molar-refractivity contribution in [3.05, 3.63) is 88.4 Å². The number of sulfonamides is 1. The Morgan fingerprint density at radius 1 is 1.14 bits per heavy atom. The van der Waals surface area contributed by atoms with E-state index in [1.54, 1.807) is 13.0 Å². The standard InChI is InChI=1S/C27H29FN2O4S/c1-17-8-9-19(27(29-17)34-23-14-21-6-4-5-7-22(21)15-23)11-13-26(31)18(2)20-10-12-25(24(28)16-20)30-35(3,32)33/h4-10,12,16,18,23,30H,11,13-15H2,1-3H3. The van der Waals surface area contributed by atoms with Crippen molar-refractivity contribution in [3.63, 3.8) is 0 Å². The summed E-state index contributed by atoms with van der Waals surface area (Å²) < 4.78 is 45.5. The van der Waals surface area contributed by atoms with Gasteiger partial charge in [-0.15, -0.1) is 0 Å². The van der Waals surface area contributed by atoms with Crippen molar-refractivity contribution in [2.24, 2.45) is 0 Å². The number of fused-ring (bicyclic) bond motifs is 1. The number of hydrogen-bond acceptors (Lipinski definition) is 5. The molecule has 8 heteroatoms. The van der Waals surface area contributed by atoms with E-state index in [-0.39, 0.29) is 24.0 Å². The molecular formula is C27H29FN2O4S. The number of hydrogen-bond donors (Lipinski definition) is 1. The summed E-state index contributed by atoms with van der Waals surface area (Å²) in [7, 11) is -3.59.